The summed E-state index contributed by atoms with van der Waals surface area (Å²) in [5.74, 6) is 1.26. The van der Waals surface area contributed by atoms with Crippen molar-refractivity contribution in [2.75, 3.05) is 19.6 Å². The lowest BCUT2D eigenvalue weighted by Gasteiger charge is -2.08. The number of benzene rings is 2. The van der Waals surface area contributed by atoms with E-state index in [0.717, 1.165) is 16.9 Å². The largest absolute Gasteiger partial charge is 0.493 e. The molecule has 136 valence electrons. The van der Waals surface area contributed by atoms with Crippen molar-refractivity contribution < 1.29 is 9.47 Å². The second-order valence-corrected chi connectivity index (χ2v) is 6.59. The van der Waals surface area contributed by atoms with E-state index in [9.17, 15) is 5.26 Å². The highest BCUT2D eigenvalue weighted by Gasteiger charge is 2.12. The number of nitrogens with one attached hydrogen (secondary N) is 1. The van der Waals surface area contributed by atoms with E-state index in [0.29, 0.717) is 21.5 Å². The number of aromatic nitrogens is 1. The molecular weight excluding hydrogens is 384 g/mol. The molecule has 0 radical (unpaired) electrons. The molecule has 0 spiro atoms. The minimum Gasteiger partial charge on any atom is -0.493 e. The number of hydrazone groups is 1. The van der Waals surface area contributed by atoms with E-state index < -0.39 is 0 Å². The number of nitrogens with zero attached hydrogens (tertiary/aromatic N) is 3. The second-order valence-electron chi connectivity index (χ2n) is 5.30. The lowest BCUT2D eigenvalue weighted by molar-refractivity contribution is 0.355. The predicted octanol–water partition coefficient (Wildman–Crippen LogP) is 4.82. The molecule has 27 heavy (non-hydrogen) atoms. The van der Waals surface area contributed by atoms with Crippen molar-refractivity contribution in [3.63, 3.8) is 0 Å². The molecule has 0 fully saturated rings. The Kier molecular flexibility index (Phi) is 5.91. The van der Waals surface area contributed by atoms with Crippen LogP contribution in [0.5, 0.6) is 11.5 Å². The van der Waals surface area contributed by atoms with Crippen LogP contribution < -0.4 is 14.9 Å². The molecular formula is C19H15ClN4O2S. The van der Waals surface area contributed by atoms with Gasteiger partial charge in [-0.2, -0.15) is 10.4 Å². The lowest BCUT2D eigenvalue weighted by Crippen LogP contribution is -2.01. The fraction of sp³-hybridized carbons (Fsp3) is 0.105. The summed E-state index contributed by atoms with van der Waals surface area (Å²) in [4.78, 5) is 4.52. The molecule has 0 aliphatic carbocycles. The topological polar surface area (TPSA) is 79.5 Å². The van der Waals surface area contributed by atoms with Crippen molar-refractivity contribution >= 4 is 34.3 Å². The molecule has 0 bridgehead atoms. The zero-order chi connectivity index (χ0) is 19.2. The monoisotopic (exact) mass is 398 g/mol. The molecule has 0 atom stereocenters. The second kappa shape index (κ2) is 8.54. The maximum atomic E-state index is 9.42. The first-order valence-corrected chi connectivity index (χ1v) is 9.08. The number of hydrogen-bond donors (Lipinski definition) is 1. The fourth-order valence-corrected chi connectivity index (χ4v) is 3.17. The maximum absolute atomic E-state index is 9.42. The average Bonchev–Trinajstić information content (AvgIpc) is 3.19. The molecule has 0 aliphatic rings. The van der Waals surface area contributed by atoms with Gasteiger partial charge in [-0.05, 0) is 42.5 Å². The fourth-order valence-electron chi connectivity index (χ4n) is 2.28. The number of methoxy groups -OCH3 is 2. The van der Waals surface area contributed by atoms with Crippen LogP contribution in [0.4, 0.5) is 5.69 Å². The zero-order valence-corrected chi connectivity index (χ0v) is 16.1. The highest BCUT2D eigenvalue weighted by Crippen LogP contribution is 2.32. The summed E-state index contributed by atoms with van der Waals surface area (Å²) in [6.07, 6.45) is 0. The number of rotatable bonds is 6. The first-order chi connectivity index (χ1) is 13.1. The van der Waals surface area contributed by atoms with E-state index in [1.807, 2.05) is 23.6 Å². The van der Waals surface area contributed by atoms with Crippen LogP contribution in [0.15, 0.2) is 52.9 Å². The molecule has 0 unspecified atom stereocenters. The Morgan fingerprint density at radius 1 is 1.15 bits per heavy atom. The number of ether oxygens (including phenoxy) is 2. The van der Waals surface area contributed by atoms with Crippen molar-refractivity contribution in [3.05, 3.63) is 57.9 Å². The van der Waals surface area contributed by atoms with Gasteiger partial charge in [0.05, 0.1) is 25.6 Å². The van der Waals surface area contributed by atoms with E-state index in [2.05, 4.69) is 21.6 Å². The maximum Gasteiger partial charge on any atom is 0.196 e. The van der Waals surface area contributed by atoms with E-state index in [-0.39, 0.29) is 5.71 Å². The van der Waals surface area contributed by atoms with E-state index in [4.69, 9.17) is 21.1 Å². The van der Waals surface area contributed by atoms with Crippen molar-refractivity contribution in [1.29, 1.82) is 5.26 Å². The lowest BCUT2D eigenvalue weighted by atomic mass is 10.1. The van der Waals surface area contributed by atoms with Gasteiger partial charge >= 0.3 is 0 Å². The Morgan fingerprint density at radius 3 is 2.56 bits per heavy atom. The van der Waals surface area contributed by atoms with Gasteiger partial charge in [0.15, 0.2) is 22.2 Å². The summed E-state index contributed by atoms with van der Waals surface area (Å²) in [5.41, 5.74) is 5.35. The number of halogens is 1. The third-order valence-corrected chi connectivity index (χ3v) is 4.73. The summed E-state index contributed by atoms with van der Waals surface area (Å²) in [7, 11) is 3.17. The summed E-state index contributed by atoms with van der Waals surface area (Å²) in [6, 6.07) is 14.6. The van der Waals surface area contributed by atoms with Crippen LogP contribution in [0, 0.1) is 11.3 Å². The molecule has 1 heterocycles. The molecule has 8 heteroatoms. The van der Waals surface area contributed by atoms with Gasteiger partial charge in [0.1, 0.15) is 6.07 Å². The Hall–Kier alpha value is -3.08. The Labute approximate surface area is 165 Å². The Balaban J connectivity index is 1.84. The van der Waals surface area contributed by atoms with Crippen LogP contribution >= 0.6 is 22.9 Å². The van der Waals surface area contributed by atoms with Gasteiger partial charge in [-0.25, -0.2) is 4.98 Å². The third-order valence-electron chi connectivity index (χ3n) is 3.63. The van der Waals surface area contributed by atoms with Gasteiger partial charge in [0.2, 0.25) is 0 Å². The molecule has 2 aromatic carbocycles. The van der Waals surface area contributed by atoms with Crippen LogP contribution in [0.2, 0.25) is 5.02 Å². The van der Waals surface area contributed by atoms with E-state index in [1.165, 1.54) is 11.3 Å². The number of hydrogen-bond acceptors (Lipinski definition) is 7. The van der Waals surface area contributed by atoms with Gasteiger partial charge in [-0.3, -0.25) is 5.43 Å². The minimum absolute atomic E-state index is 0.196. The predicted molar refractivity (Wildman–Crippen MR) is 108 cm³/mol. The summed E-state index contributed by atoms with van der Waals surface area (Å²) in [5, 5.41) is 16.6. The van der Waals surface area contributed by atoms with Gasteiger partial charge < -0.3 is 9.47 Å². The summed E-state index contributed by atoms with van der Waals surface area (Å²) < 4.78 is 10.6. The van der Waals surface area contributed by atoms with Gasteiger partial charge in [0.25, 0.3) is 0 Å². The quantitative estimate of drug-likeness (QED) is 0.475. The summed E-state index contributed by atoms with van der Waals surface area (Å²) in [6.45, 7) is 0. The van der Waals surface area contributed by atoms with Crippen LogP contribution in [-0.2, 0) is 0 Å². The standard InChI is InChI=1S/C19H15ClN4O2S/c1-25-17-8-3-12(9-18(17)26-2)16-11-27-19(22-16)15(10-21)24-23-14-6-4-13(20)5-7-14/h3-9,11,23H,1-2H3. The molecule has 1 N–H and O–H groups in total. The van der Waals surface area contributed by atoms with Crippen molar-refractivity contribution in [2.24, 2.45) is 5.10 Å². The van der Waals surface area contributed by atoms with Crippen molar-refractivity contribution in [1.82, 2.24) is 4.98 Å². The number of anilines is 1. The minimum atomic E-state index is 0.196. The van der Waals surface area contributed by atoms with Crippen LogP contribution in [-0.4, -0.2) is 24.9 Å². The molecule has 6 nitrogen and oxygen atoms in total. The molecule has 3 aromatic rings. The first kappa shape index (κ1) is 18.7. The smallest absolute Gasteiger partial charge is 0.196 e. The third kappa shape index (κ3) is 4.37. The highest BCUT2D eigenvalue weighted by molar-refractivity contribution is 7.12. The number of nitriles is 1. The van der Waals surface area contributed by atoms with Gasteiger partial charge in [-0.15, -0.1) is 11.3 Å². The number of thiazole rings is 1. The zero-order valence-electron chi connectivity index (χ0n) is 14.6. The molecule has 0 amide bonds. The van der Waals surface area contributed by atoms with E-state index >= 15 is 0 Å². The molecule has 0 aliphatic heterocycles. The molecule has 1 aromatic heterocycles. The van der Waals surface area contributed by atoms with E-state index in [1.54, 1.807) is 38.5 Å². The van der Waals surface area contributed by atoms with Crippen molar-refractivity contribution in [2.45, 2.75) is 0 Å². The average molecular weight is 399 g/mol. The normalized spacial score (nSPS) is 11.0. The molecule has 0 saturated heterocycles. The van der Waals surface area contributed by atoms with Crippen LogP contribution in [0.3, 0.4) is 0 Å². The van der Waals surface area contributed by atoms with Gasteiger partial charge in [0, 0.05) is 16.0 Å². The van der Waals surface area contributed by atoms with Crippen LogP contribution in [0.1, 0.15) is 5.01 Å². The SMILES string of the molecule is COc1ccc(-c2csc(C(C#N)=NNc3ccc(Cl)cc3)n2)cc1OC. The molecule has 3 rings (SSSR count). The van der Waals surface area contributed by atoms with Crippen molar-refractivity contribution in [3.8, 4) is 28.8 Å². The van der Waals surface area contributed by atoms with Gasteiger partial charge in [-0.1, -0.05) is 11.6 Å². The molecule has 0 saturated carbocycles. The Bertz CT molecular complexity index is 1010. The highest BCUT2D eigenvalue weighted by atomic mass is 35.5. The Morgan fingerprint density at radius 2 is 1.89 bits per heavy atom. The summed E-state index contributed by atoms with van der Waals surface area (Å²) >= 11 is 7.20. The first-order valence-electron chi connectivity index (χ1n) is 7.82. The van der Waals surface area contributed by atoms with Crippen LogP contribution in [0.25, 0.3) is 11.3 Å².